The molecule has 2 aliphatic rings. The zero-order chi connectivity index (χ0) is 26.4. The van der Waals surface area contributed by atoms with E-state index in [0.717, 1.165) is 51.6 Å². The van der Waals surface area contributed by atoms with Gasteiger partial charge in [0.2, 0.25) is 0 Å². The molecule has 4 unspecified atom stereocenters. The van der Waals surface area contributed by atoms with Gasteiger partial charge in [0, 0.05) is 13.0 Å². The molecule has 214 valence electrons. The Bertz CT molecular complexity index is 607. The van der Waals surface area contributed by atoms with Crippen molar-refractivity contribution in [2.45, 2.75) is 167 Å². The number of ether oxygens (including phenoxy) is 3. The maximum absolute atomic E-state index is 12.1. The molecule has 2 aliphatic heterocycles. The van der Waals surface area contributed by atoms with E-state index in [0.29, 0.717) is 0 Å². The molecule has 4 nitrogen and oxygen atoms in total. The molecule has 2 saturated heterocycles. The summed E-state index contributed by atoms with van der Waals surface area (Å²) in [6, 6.07) is 0. The molecule has 0 spiro atoms. The van der Waals surface area contributed by atoms with Crippen LogP contribution in [0.25, 0.3) is 0 Å². The summed E-state index contributed by atoms with van der Waals surface area (Å²) in [6.07, 6.45) is 34.2. The molecule has 0 amide bonds. The number of rotatable bonds is 23. The molecule has 0 N–H and O–H groups in total. The molecule has 0 aliphatic carbocycles. The van der Waals surface area contributed by atoms with Gasteiger partial charge in [-0.2, -0.15) is 0 Å². The van der Waals surface area contributed by atoms with Gasteiger partial charge in [-0.15, -0.1) is 0 Å². The summed E-state index contributed by atoms with van der Waals surface area (Å²) in [5, 5.41) is 0. The van der Waals surface area contributed by atoms with Crippen LogP contribution in [0, 0.1) is 5.92 Å². The second-order valence-corrected chi connectivity index (χ2v) is 11.2. The third-order valence-electron chi connectivity index (χ3n) is 7.84. The van der Waals surface area contributed by atoms with E-state index in [-0.39, 0.29) is 30.4 Å². The van der Waals surface area contributed by atoms with E-state index in [4.69, 9.17) is 14.2 Å². The van der Waals surface area contributed by atoms with Gasteiger partial charge in [0.15, 0.2) is 6.29 Å². The van der Waals surface area contributed by atoms with E-state index in [1.807, 2.05) is 0 Å². The third-order valence-corrected chi connectivity index (χ3v) is 7.84. The highest BCUT2D eigenvalue weighted by Crippen LogP contribution is 2.33. The normalized spacial score (nSPS) is 23.0. The van der Waals surface area contributed by atoms with Crippen molar-refractivity contribution in [1.82, 2.24) is 0 Å². The van der Waals surface area contributed by atoms with Gasteiger partial charge in [-0.25, -0.2) is 0 Å². The number of esters is 1. The monoisotopic (exact) mass is 518 g/mol. The van der Waals surface area contributed by atoms with Crippen LogP contribution in [0.15, 0.2) is 24.3 Å². The van der Waals surface area contributed by atoms with Crippen molar-refractivity contribution in [3.63, 3.8) is 0 Å². The van der Waals surface area contributed by atoms with Gasteiger partial charge in [-0.1, -0.05) is 102 Å². The average molecular weight is 519 g/mol. The van der Waals surface area contributed by atoms with Gasteiger partial charge >= 0.3 is 5.97 Å². The quantitative estimate of drug-likeness (QED) is 0.0767. The van der Waals surface area contributed by atoms with Crippen LogP contribution in [0.1, 0.15) is 149 Å². The van der Waals surface area contributed by atoms with E-state index in [1.54, 1.807) is 0 Å². The van der Waals surface area contributed by atoms with E-state index >= 15 is 0 Å². The maximum atomic E-state index is 12.1. The van der Waals surface area contributed by atoms with Crippen molar-refractivity contribution in [1.29, 1.82) is 0 Å². The van der Waals surface area contributed by atoms with Crippen molar-refractivity contribution in [3.05, 3.63) is 24.3 Å². The van der Waals surface area contributed by atoms with Crippen molar-refractivity contribution in [3.8, 4) is 0 Å². The summed E-state index contributed by atoms with van der Waals surface area (Å²) in [4.78, 5) is 12.1. The van der Waals surface area contributed by atoms with Crippen LogP contribution in [0.4, 0.5) is 0 Å². The van der Waals surface area contributed by atoms with Crippen molar-refractivity contribution in [2.75, 3.05) is 6.61 Å². The largest absolute Gasteiger partial charge is 0.461 e. The van der Waals surface area contributed by atoms with E-state index in [1.165, 1.54) is 89.9 Å². The lowest BCUT2D eigenvalue weighted by molar-refractivity contribution is -0.211. The molecule has 2 rings (SSSR count). The number of unbranched alkanes of at least 4 members (excludes halogenated alkanes) is 11. The van der Waals surface area contributed by atoms with Gasteiger partial charge < -0.3 is 14.2 Å². The second kappa shape index (κ2) is 21.8. The first-order valence-electron chi connectivity index (χ1n) is 16.0. The standard InChI is InChI=1S/C33H58O4/c1-3-5-7-9-10-11-12-13-14-15-16-17-18-19-20-24-29(36-32-26-22-23-27-35-32)28-31-30(33(34)37-31)25-21-8-6-4-2/h10-11,13-14,29-32H,3-9,12,15-28H2,1-2H3. The number of cyclic esters (lactones) is 1. The first kappa shape index (κ1) is 32.1. The SMILES string of the molecule is CCCCCC=CCC=CCCCCCCCC(CC1OC(=O)C1CCCCCC)OC1CCCCO1. The Morgan fingerprint density at radius 3 is 2.22 bits per heavy atom. The number of hydrogen-bond acceptors (Lipinski definition) is 4. The Kier molecular flexibility index (Phi) is 18.9. The molecule has 2 fully saturated rings. The average Bonchev–Trinajstić information content (AvgIpc) is 2.91. The summed E-state index contributed by atoms with van der Waals surface area (Å²) in [7, 11) is 0. The Balaban J connectivity index is 1.59. The molecule has 4 heteroatoms. The van der Waals surface area contributed by atoms with Gasteiger partial charge in [0.1, 0.15) is 6.10 Å². The van der Waals surface area contributed by atoms with Crippen LogP contribution >= 0.6 is 0 Å². The van der Waals surface area contributed by atoms with Crippen molar-refractivity contribution >= 4 is 5.97 Å². The van der Waals surface area contributed by atoms with Crippen molar-refractivity contribution < 1.29 is 19.0 Å². The van der Waals surface area contributed by atoms with Crippen LogP contribution in [0.2, 0.25) is 0 Å². The highest BCUT2D eigenvalue weighted by molar-refractivity contribution is 5.78. The van der Waals surface area contributed by atoms with Gasteiger partial charge in [-0.05, 0) is 64.2 Å². The minimum absolute atomic E-state index is 0.00575. The summed E-state index contributed by atoms with van der Waals surface area (Å²) < 4.78 is 17.9. The fraction of sp³-hybridized carbons (Fsp3) is 0.848. The fourth-order valence-corrected chi connectivity index (χ4v) is 5.42. The van der Waals surface area contributed by atoms with Crippen LogP contribution in [-0.4, -0.2) is 31.1 Å². The highest BCUT2D eigenvalue weighted by Gasteiger charge is 2.43. The number of hydrogen-bond donors (Lipinski definition) is 0. The lowest BCUT2D eigenvalue weighted by atomic mass is 9.86. The predicted octanol–water partition coefficient (Wildman–Crippen LogP) is 9.61. The number of allylic oxidation sites excluding steroid dienone is 4. The molecule has 0 aromatic rings. The summed E-state index contributed by atoms with van der Waals surface area (Å²) in [6.45, 7) is 5.29. The molecule has 0 aromatic carbocycles. The van der Waals surface area contributed by atoms with Crippen molar-refractivity contribution in [2.24, 2.45) is 5.92 Å². The molecular weight excluding hydrogens is 460 g/mol. The third kappa shape index (κ3) is 15.1. The molecular formula is C33H58O4. The Labute approximate surface area is 229 Å². The number of carbonyl (C=O) groups excluding carboxylic acids is 1. The van der Waals surface area contributed by atoms with E-state index < -0.39 is 0 Å². The molecule has 37 heavy (non-hydrogen) atoms. The van der Waals surface area contributed by atoms with E-state index in [9.17, 15) is 4.79 Å². The first-order chi connectivity index (χ1) is 18.2. The minimum atomic E-state index is -0.0736. The van der Waals surface area contributed by atoms with Crippen LogP contribution < -0.4 is 0 Å². The fourth-order valence-electron chi connectivity index (χ4n) is 5.42. The van der Waals surface area contributed by atoms with Gasteiger partial charge in [-0.3, -0.25) is 4.79 Å². The summed E-state index contributed by atoms with van der Waals surface area (Å²) in [5.74, 6) is 0.0889. The highest BCUT2D eigenvalue weighted by atomic mass is 16.7. The lowest BCUT2D eigenvalue weighted by Crippen LogP contribution is -2.47. The summed E-state index contributed by atoms with van der Waals surface area (Å²) >= 11 is 0. The molecule has 4 atom stereocenters. The minimum Gasteiger partial charge on any atom is -0.461 e. The lowest BCUT2D eigenvalue weighted by Gasteiger charge is -2.38. The zero-order valence-corrected chi connectivity index (χ0v) is 24.3. The Morgan fingerprint density at radius 2 is 1.51 bits per heavy atom. The summed E-state index contributed by atoms with van der Waals surface area (Å²) in [5.41, 5.74) is 0. The first-order valence-corrected chi connectivity index (χ1v) is 16.0. The Hall–Kier alpha value is -1.13. The van der Waals surface area contributed by atoms with Gasteiger partial charge in [0.05, 0.1) is 12.0 Å². The van der Waals surface area contributed by atoms with Crippen LogP contribution in [0.5, 0.6) is 0 Å². The predicted molar refractivity (Wildman–Crippen MR) is 155 cm³/mol. The van der Waals surface area contributed by atoms with Crippen LogP contribution in [-0.2, 0) is 19.0 Å². The molecule has 0 aromatic heterocycles. The van der Waals surface area contributed by atoms with Gasteiger partial charge in [0.25, 0.3) is 0 Å². The topological polar surface area (TPSA) is 44.8 Å². The molecule has 0 radical (unpaired) electrons. The second-order valence-electron chi connectivity index (χ2n) is 11.2. The molecule has 0 saturated carbocycles. The smallest absolute Gasteiger partial charge is 0.313 e. The maximum Gasteiger partial charge on any atom is 0.313 e. The molecule has 0 bridgehead atoms. The molecule has 2 heterocycles. The van der Waals surface area contributed by atoms with E-state index in [2.05, 4.69) is 38.2 Å². The van der Waals surface area contributed by atoms with Crippen LogP contribution in [0.3, 0.4) is 0 Å². The zero-order valence-electron chi connectivity index (χ0n) is 24.3. The Morgan fingerprint density at radius 1 is 0.838 bits per heavy atom. The number of carbonyl (C=O) groups is 1.